The molecule has 18 nitrogen and oxygen atoms in total. The summed E-state index contributed by atoms with van der Waals surface area (Å²) < 4.78 is 53.3. The van der Waals surface area contributed by atoms with E-state index in [1.165, 1.54) is 17.2 Å². The number of rotatable bonds is 12. The van der Waals surface area contributed by atoms with Crippen molar-refractivity contribution in [3.8, 4) is 0 Å². The molecule has 2 fully saturated rings. The molecule has 2 saturated heterocycles. The number of carboxylic acids is 1. The van der Waals surface area contributed by atoms with Gasteiger partial charge in [0.05, 0.1) is 12.9 Å². The molecule has 2 aliphatic heterocycles. The molecule has 1 aromatic carbocycles. The van der Waals surface area contributed by atoms with E-state index < -0.39 is 71.0 Å². The fraction of sp³-hybridized carbons (Fsp3) is 0.375. The molecule has 3 aromatic rings. The Kier molecular flexibility index (Phi) is 9.55. The van der Waals surface area contributed by atoms with E-state index in [4.69, 9.17) is 23.8 Å². The molecule has 44 heavy (non-hydrogen) atoms. The third kappa shape index (κ3) is 7.55. The van der Waals surface area contributed by atoms with Gasteiger partial charge in [0.2, 0.25) is 0 Å². The zero-order chi connectivity index (χ0) is 31.5. The summed E-state index contributed by atoms with van der Waals surface area (Å²) in [7, 11) is -10.2. The number of hydrogen-bond acceptors (Lipinski definition) is 12. The second-order valence-electron chi connectivity index (χ2n) is 9.47. The highest BCUT2D eigenvalue weighted by Crippen LogP contribution is 2.60. The number of anilines is 1. The highest BCUT2D eigenvalue weighted by molar-refractivity contribution is 7.64. The largest absolute Gasteiger partial charge is 0.481 e. The highest BCUT2D eigenvalue weighted by atomic mass is 31.3. The molecule has 0 bridgehead atoms. The van der Waals surface area contributed by atoms with E-state index in [2.05, 4.69) is 29.9 Å². The standard InChI is InChI=1S/C24H28N6O12P2/c1-2-25-24(33)29-21-18-22(27-12-26-21)30(13-28-18)23-20-19(40-17(41-20)9-8-14-6-4-3-5-7-14)15(39-23)10-38-44(36,37)42-43(34,35)11-16(31)32/h3-9,12-13,15,17,19-20,23H,2,10-11H2,1H3,(H,31,32)(H,34,35)(H,36,37)(H2,25,26,27,29,33)/b9-8+/t15-,17+,19?,20+,23-/m1/s1. The van der Waals surface area contributed by atoms with Gasteiger partial charge < -0.3 is 34.4 Å². The average Bonchev–Trinajstić information content (AvgIpc) is 3.64. The van der Waals surface area contributed by atoms with E-state index in [1.807, 2.05) is 30.3 Å². The van der Waals surface area contributed by atoms with E-state index in [0.29, 0.717) is 6.54 Å². The number of phosphoric acid groups is 1. The quantitative estimate of drug-likeness (QED) is 0.176. The van der Waals surface area contributed by atoms with Gasteiger partial charge >= 0.3 is 27.4 Å². The zero-order valence-corrected chi connectivity index (χ0v) is 24.7. The van der Waals surface area contributed by atoms with Crippen LogP contribution in [-0.2, 0) is 37.0 Å². The number of aromatic nitrogens is 4. The van der Waals surface area contributed by atoms with Crippen molar-refractivity contribution in [3.63, 3.8) is 0 Å². The van der Waals surface area contributed by atoms with Crippen LogP contribution >= 0.6 is 15.4 Å². The van der Waals surface area contributed by atoms with E-state index in [-0.39, 0.29) is 17.0 Å². The summed E-state index contributed by atoms with van der Waals surface area (Å²) in [4.78, 5) is 55.2. The summed E-state index contributed by atoms with van der Waals surface area (Å²) in [5.74, 6) is -1.58. The van der Waals surface area contributed by atoms with Crippen LogP contribution in [0.15, 0.2) is 49.1 Å². The van der Waals surface area contributed by atoms with Crippen LogP contribution in [0, 0.1) is 0 Å². The van der Waals surface area contributed by atoms with Gasteiger partial charge in [-0.05, 0) is 18.6 Å². The van der Waals surface area contributed by atoms with E-state index in [1.54, 1.807) is 19.1 Å². The second kappa shape index (κ2) is 13.2. The Morgan fingerprint density at radius 3 is 2.57 bits per heavy atom. The number of carboxylic acid groups (broad SMARTS) is 1. The molecule has 2 aromatic heterocycles. The number of aliphatic carboxylic acids is 1. The van der Waals surface area contributed by atoms with Gasteiger partial charge in [-0.1, -0.05) is 36.4 Å². The average molecular weight is 654 g/mol. The first-order chi connectivity index (χ1) is 20.9. The van der Waals surface area contributed by atoms with Crippen molar-refractivity contribution in [2.75, 3.05) is 24.6 Å². The minimum atomic E-state index is -5.22. The summed E-state index contributed by atoms with van der Waals surface area (Å²) in [5.41, 5.74) is 1.38. The smallest absolute Gasteiger partial charge is 0.479 e. The number of hydrogen-bond donors (Lipinski definition) is 5. The summed E-state index contributed by atoms with van der Waals surface area (Å²) in [5, 5.41) is 13.9. The number of nitrogens with zero attached hydrogens (tertiary/aromatic N) is 4. The minimum absolute atomic E-state index is 0.134. The van der Waals surface area contributed by atoms with Crippen LogP contribution in [0.25, 0.3) is 17.2 Å². The number of carbonyl (C=O) groups is 2. The molecule has 0 saturated carbocycles. The van der Waals surface area contributed by atoms with Crippen LogP contribution in [0.2, 0.25) is 0 Å². The highest BCUT2D eigenvalue weighted by Gasteiger charge is 2.54. The number of carbonyl (C=O) groups excluding carboxylic acids is 1. The van der Waals surface area contributed by atoms with Crippen molar-refractivity contribution in [1.82, 2.24) is 24.8 Å². The maximum atomic E-state index is 12.4. The van der Waals surface area contributed by atoms with Crippen LogP contribution in [0.4, 0.5) is 10.6 Å². The van der Waals surface area contributed by atoms with Gasteiger partial charge in [-0.15, -0.1) is 0 Å². The monoisotopic (exact) mass is 654 g/mol. The SMILES string of the molecule is CCNC(=O)Nc1ncnc2c1ncn2[C@@H]1O[C@H](COP(=O)(O)OP(=O)(O)CC(=O)O)C2O[C@H](/C=C/c3ccccc3)O[C@@H]21. The summed E-state index contributed by atoms with van der Waals surface area (Å²) in [6.07, 6.45) is -0.0228. The number of urea groups is 1. The number of phosphoric ester groups is 1. The van der Waals surface area contributed by atoms with Crippen LogP contribution in [0.5, 0.6) is 0 Å². The van der Waals surface area contributed by atoms with Gasteiger partial charge in [0.1, 0.15) is 30.8 Å². The molecule has 4 heterocycles. The lowest BCUT2D eigenvalue weighted by molar-refractivity contribution is -0.134. The topological polar surface area (TPSA) is 243 Å². The number of fused-ring (bicyclic) bond motifs is 2. The fourth-order valence-electron chi connectivity index (χ4n) is 4.56. The third-order valence-electron chi connectivity index (χ3n) is 6.28. The maximum Gasteiger partial charge on any atom is 0.479 e. The van der Waals surface area contributed by atoms with Crippen LogP contribution < -0.4 is 10.6 Å². The van der Waals surface area contributed by atoms with E-state index in [9.17, 15) is 28.5 Å². The van der Waals surface area contributed by atoms with Crippen LogP contribution in [-0.4, -0.2) is 90.3 Å². The molecule has 5 N–H and O–H groups in total. The van der Waals surface area contributed by atoms with Crippen molar-refractivity contribution < 1.29 is 56.7 Å². The first-order valence-corrected chi connectivity index (χ1v) is 16.3. The number of amides is 2. The lowest BCUT2D eigenvalue weighted by Gasteiger charge is -2.21. The minimum Gasteiger partial charge on any atom is -0.481 e. The fourth-order valence-corrected chi connectivity index (χ4v) is 6.94. The molecule has 2 aliphatic rings. The Hall–Kier alpha value is -3.57. The number of imidazole rings is 1. The van der Waals surface area contributed by atoms with Gasteiger partial charge in [-0.25, -0.2) is 28.6 Å². The Labute approximate surface area is 249 Å². The molecule has 236 valence electrons. The third-order valence-corrected chi connectivity index (χ3v) is 9.27. The lowest BCUT2D eigenvalue weighted by atomic mass is 10.1. The number of ether oxygens (including phenoxy) is 3. The first kappa shape index (κ1) is 31.8. The molecular weight excluding hydrogens is 626 g/mol. The predicted octanol–water partition coefficient (Wildman–Crippen LogP) is 2.09. The molecule has 0 aliphatic carbocycles. The molecule has 20 heteroatoms. The van der Waals surface area contributed by atoms with Crippen molar-refractivity contribution >= 4 is 50.5 Å². The first-order valence-electron chi connectivity index (χ1n) is 13.1. The molecule has 7 atom stereocenters. The Morgan fingerprint density at radius 1 is 1.09 bits per heavy atom. The molecule has 5 rings (SSSR count). The van der Waals surface area contributed by atoms with Crippen LogP contribution in [0.1, 0.15) is 18.7 Å². The maximum absolute atomic E-state index is 12.4. The Bertz CT molecular complexity index is 1640. The van der Waals surface area contributed by atoms with Crippen molar-refractivity contribution in [3.05, 3.63) is 54.6 Å². The molecule has 0 spiro atoms. The van der Waals surface area contributed by atoms with Gasteiger partial charge in [-0.3, -0.25) is 23.8 Å². The second-order valence-corrected chi connectivity index (χ2v) is 12.9. The summed E-state index contributed by atoms with van der Waals surface area (Å²) >= 11 is 0. The number of benzene rings is 1. The Morgan fingerprint density at radius 2 is 1.84 bits per heavy atom. The van der Waals surface area contributed by atoms with E-state index in [0.717, 1.165) is 5.56 Å². The predicted molar refractivity (Wildman–Crippen MR) is 150 cm³/mol. The van der Waals surface area contributed by atoms with Crippen molar-refractivity contribution in [2.24, 2.45) is 0 Å². The molecular formula is C24H28N6O12P2. The Balaban J connectivity index is 1.38. The van der Waals surface area contributed by atoms with Gasteiger partial charge in [0.25, 0.3) is 0 Å². The molecule has 2 amide bonds. The molecule has 3 unspecified atom stereocenters. The van der Waals surface area contributed by atoms with Crippen molar-refractivity contribution in [1.29, 1.82) is 0 Å². The van der Waals surface area contributed by atoms with Crippen molar-refractivity contribution in [2.45, 2.75) is 37.8 Å². The molecule has 0 radical (unpaired) electrons. The van der Waals surface area contributed by atoms with Gasteiger partial charge in [-0.2, -0.15) is 0 Å². The summed E-state index contributed by atoms with van der Waals surface area (Å²) in [6.45, 7) is 1.46. The normalized spacial score (nSPS) is 25.8. The lowest BCUT2D eigenvalue weighted by Crippen LogP contribution is -2.31. The van der Waals surface area contributed by atoms with E-state index >= 15 is 0 Å². The summed E-state index contributed by atoms with van der Waals surface area (Å²) in [6, 6.07) is 8.85. The van der Waals surface area contributed by atoms with Crippen LogP contribution in [0.3, 0.4) is 0 Å². The van der Waals surface area contributed by atoms with Gasteiger partial charge in [0, 0.05) is 6.54 Å². The number of nitrogens with one attached hydrogen (secondary N) is 2. The van der Waals surface area contributed by atoms with Gasteiger partial charge in [0.15, 0.2) is 29.5 Å². The zero-order valence-electron chi connectivity index (χ0n) is 22.9.